The van der Waals surface area contributed by atoms with Crippen LogP contribution in [0, 0.1) is 11.6 Å². The summed E-state index contributed by atoms with van der Waals surface area (Å²) in [6.07, 6.45) is -0.950. The van der Waals surface area contributed by atoms with Crippen LogP contribution in [0.1, 0.15) is 6.92 Å². The lowest BCUT2D eigenvalue weighted by atomic mass is 10.0. The van der Waals surface area contributed by atoms with Crippen molar-refractivity contribution in [2.24, 2.45) is 0 Å². The largest absolute Gasteiger partial charge is 0.490 e. The molecule has 29 heavy (non-hydrogen) atoms. The van der Waals surface area contributed by atoms with E-state index < -0.39 is 30.2 Å². The van der Waals surface area contributed by atoms with Crippen LogP contribution < -0.4 is 9.47 Å². The van der Waals surface area contributed by atoms with Gasteiger partial charge in [0.05, 0.1) is 0 Å². The SMILES string of the molecule is CC=CCOc1ccc(-c2ccc3c(F)c(OCC(F)(F)F)c(F)cc3c2)cc1. The number of fused-ring (bicyclic) bond motifs is 1. The molecule has 0 saturated carbocycles. The third-order valence-corrected chi connectivity index (χ3v) is 4.14. The second-order valence-corrected chi connectivity index (χ2v) is 6.25. The molecular weight excluding hydrogens is 391 g/mol. The van der Waals surface area contributed by atoms with Gasteiger partial charge in [0.15, 0.2) is 24.0 Å². The van der Waals surface area contributed by atoms with Gasteiger partial charge in [-0.05, 0) is 47.7 Å². The summed E-state index contributed by atoms with van der Waals surface area (Å²) in [5.74, 6) is -2.71. The first-order valence-corrected chi connectivity index (χ1v) is 8.74. The minimum Gasteiger partial charge on any atom is -0.490 e. The third kappa shape index (κ3) is 5.04. The minimum absolute atomic E-state index is 0.0290. The van der Waals surface area contributed by atoms with Crippen molar-refractivity contribution < 1.29 is 31.4 Å². The van der Waals surface area contributed by atoms with Crippen LogP contribution >= 0.6 is 0 Å². The van der Waals surface area contributed by atoms with Gasteiger partial charge in [-0.25, -0.2) is 8.78 Å². The predicted octanol–water partition coefficient (Wildman–Crippen LogP) is 6.68. The van der Waals surface area contributed by atoms with E-state index in [9.17, 15) is 22.0 Å². The van der Waals surface area contributed by atoms with Crippen molar-refractivity contribution in [2.45, 2.75) is 13.1 Å². The Morgan fingerprint density at radius 3 is 2.24 bits per heavy atom. The zero-order chi connectivity index (χ0) is 21.0. The van der Waals surface area contributed by atoms with Gasteiger partial charge in [0.25, 0.3) is 0 Å². The summed E-state index contributed by atoms with van der Waals surface area (Å²) in [6.45, 7) is 0.569. The van der Waals surface area contributed by atoms with Crippen LogP contribution in [0.5, 0.6) is 11.5 Å². The fraction of sp³-hybridized carbons (Fsp3) is 0.182. The van der Waals surface area contributed by atoms with Crippen LogP contribution in [0.3, 0.4) is 0 Å². The molecule has 2 nitrogen and oxygen atoms in total. The standard InChI is InChI=1S/C22H17F5O2/c1-2-3-10-28-17-7-4-14(5-8-17)15-6-9-18-16(11-15)12-19(23)21(20(18)24)29-13-22(25,26)27/h2-9,11-12H,10,13H2,1H3. The molecule has 7 heteroatoms. The molecule has 0 saturated heterocycles. The van der Waals surface area contributed by atoms with Crippen molar-refractivity contribution in [3.05, 3.63) is 72.3 Å². The van der Waals surface area contributed by atoms with Gasteiger partial charge in [-0.3, -0.25) is 0 Å². The minimum atomic E-state index is -4.69. The number of alkyl halides is 3. The number of ether oxygens (including phenoxy) is 2. The van der Waals surface area contributed by atoms with Crippen molar-refractivity contribution in [1.29, 1.82) is 0 Å². The van der Waals surface area contributed by atoms with Crippen molar-refractivity contribution in [1.82, 2.24) is 0 Å². The van der Waals surface area contributed by atoms with Gasteiger partial charge in [-0.15, -0.1) is 0 Å². The molecule has 0 aromatic heterocycles. The molecule has 0 aliphatic carbocycles. The number of allylic oxidation sites excluding steroid dienone is 1. The van der Waals surface area contributed by atoms with Crippen LogP contribution in [0.4, 0.5) is 22.0 Å². The molecular formula is C22H17F5O2. The van der Waals surface area contributed by atoms with Crippen molar-refractivity contribution in [2.75, 3.05) is 13.2 Å². The lowest BCUT2D eigenvalue weighted by molar-refractivity contribution is -0.154. The second kappa shape index (κ2) is 8.51. The average molecular weight is 408 g/mol. The zero-order valence-electron chi connectivity index (χ0n) is 15.4. The summed E-state index contributed by atoms with van der Waals surface area (Å²) in [5, 5.41) is 0.184. The highest BCUT2D eigenvalue weighted by Crippen LogP contribution is 2.33. The van der Waals surface area contributed by atoms with E-state index in [0.29, 0.717) is 17.9 Å². The fourth-order valence-electron chi connectivity index (χ4n) is 2.76. The van der Waals surface area contributed by atoms with Gasteiger partial charge in [0.1, 0.15) is 12.4 Å². The van der Waals surface area contributed by atoms with Gasteiger partial charge in [-0.1, -0.05) is 36.4 Å². The molecule has 0 amide bonds. The Morgan fingerprint density at radius 1 is 0.897 bits per heavy atom. The Balaban J connectivity index is 1.88. The van der Waals surface area contributed by atoms with Crippen LogP contribution in [-0.2, 0) is 0 Å². The smallest absolute Gasteiger partial charge is 0.422 e. The number of rotatable bonds is 6. The summed E-state index contributed by atoms with van der Waals surface area (Å²) in [5.41, 5.74) is 1.49. The summed E-state index contributed by atoms with van der Waals surface area (Å²) < 4.78 is 75.3. The molecule has 3 rings (SSSR count). The first-order valence-electron chi connectivity index (χ1n) is 8.74. The highest BCUT2D eigenvalue weighted by Gasteiger charge is 2.30. The number of halogens is 5. The van der Waals surface area contributed by atoms with E-state index in [2.05, 4.69) is 4.74 Å². The summed E-state index contributed by atoms with van der Waals surface area (Å²) in [6, 6.07) is 12.7. The van der Waals surface area contributed by atoms with Gasteiger partial charge >= 0.3 is 6.18 Å². The molecule has 0 fully saturated rings. The maximum atomic E-state index is 14.5. The zero-order valence-corrected chi connectivity index (χ0v) is 15.4. The van der Waals surface area contributed by atoms with E-state index in [4.69, 9.17) is 4.74 Å². The van der Waals surface area contributed by atoms with E-state index in [1.54, 1.807) is 36.4 Å². The Bertz CT molecular complexity index is 1020. The van der Waals surface area contributed by atoms with E-state index in [0.717, 1.165) is 11.6 Å². The molecule has 0 atom stereocenters. The highest BCUT2D eigenvalue weighted by atomic mass is 19.4. The van der Waals surface area contributed by atoms with Crippen LogP contribution in [0.25, 0.3) is 21.9 Å². The Morgan fingerprint density at radius 2 is 1.59 bits per heavy atom. The normalized spacial score (nSPS) is 11.9. The Hall–Kier alpha value is -3.09. The van der Waals surface area contributed by atoms with Gasteiger partial charge < -0.3 is 9.47 Å². The third-order valence-electron chi connectivity index (χ3n) is 4.14. The van der Waals surface area contributed by atoms with Crippen molar-refractivity contribution >= 4 is 10.8 Å². The predicted molar refractivity (Wildman–Crippen MR) is 101 cm³/mol. The summed E-state index contributed by atoms with van der Waals surface area (Å²) in [7, 11) is 0. The van der Waals surface area contributed by atoms with E-state index in [-0.39, 0.29) is 10.8 Å². The van der Waals surface area contributed by atoms with Crippen molar-refractivity contribution in [3.63, 3.8) is 0 Å². The topological polar surface area (TPSA) is 18.5 Å². The van der Waals surface area contributed by atoms with E-state index >= 15 is 0 Å². The molecule has 0 unspecified atom stereocenters. The Kier molecular flexibility index (Phi) is 6.06. The molecule has 0 radical (unpaired) electrons. The molecule has 3 aromatic carbocycles. The molecule has 0 aliphatic heterocycles. The molecule has 0 N–H and O–H groups in total. The molecule has 0 heterocycles. The summed E-state index contributed by atoms with van der Waals surface area (Å²) in [4.78, 5) is 0. The quantitative estimate of drug-likeness (QED) is 0.335. The lowest BCUT2D eigenvalue weighted by Crippen LogP contribution is -2.20. The lowest BCUT2D eigenvalue weighted by Gasteiger charge is -2.13. The average Bonchev–Trinajstić information content (AvgIpc) is 2.67. The molecule has 0 bridgehead atoms. The van der Waals surface area contributed by atoms with Crippen LogP contribution in [0.15, 0.2) is 60.7 Å². The first kappa shape index (κ1) is 20.6. The van der Waals surface area contributed by atoms with Crippen LogP contribution in [0.2, 0.25) is 0 Å². The number of hydrogen-bond acceptors (Lipinski definition) is 2. The molecule has 0 spiro atoms. The number of benzene rings is 3. The van der Waals surface area contributed by atoms with E-state index in [1.807, 2.05) is 19.1 Å². The Labute approximate surface area is 164 Å². The molecule has 152 valence electrons. The number of hydrogen-bond donors (Lipinski definition) is 0. The second-order valence-electron chi connectivity index (χ2n) is 6.25. The summed E-state index contributed by atoms with van der Waals surface area (Å²) >= 11 is 0. The van der Waals surface area contributed by atoms with Gasteiger partial charge in [-0.2, -0.15) is 13.2 Å². The maximum absolute atomic E-state index is 14.5. The van der Waals surface area contributed by atoms with Crippen molar-refractivity contribution in [3.8, 4) is 22.6 Å². The molecule has 3 aromatic rings. The van der Waals surface area contributed by atoms with Gasteiger partial charge in [0, 0.05) is 5.39 Å². The first-order chi connectivity index (χ1) is 13.8. The van der Waals surface area contributed by atoms with Gasteiger partial charge in [0.2, 0.25) is 0 Å². The van der Waals surface area contributed by atoms with E-state index in [1.165, 1.54) is 6.07 Å². The maximum Gasteiger partial charge on any atom is 0.422 e. The monoisotopic (exact) mass is 408 g/mol. The fourth-order valence-corrected chi connectivity index (χ4v) is 2.76. The van der Waals surface area contributed by atoms with Crippen LogP contribution in [-0.4, -0.2) is 19.4 Å². The highest BCUT2D eigenvalue weighted by molar-refractivity contribution is 5.89. The molecule has 0 aliphatic rings.